The number of pyridine rings is 1. The standard InChI is InChI=1S/C19H15BrF2N4O2/c20-13-6-12(7-14(21)17(13)22)24-18(27)10-2-4-26(9-10)19(28)16-5-11-8-23-3-1-15(11)25-16/h1,3,5-8,10,25H,2,4,9H2,(H,24,27)/t10-/m0/s1. The summed E-state index contributed by atoms with van der Waals surface area (Å²) in [5.41, 5.74) is 1.41. The van der Waals surface area contributed by atoms with Crippen molar-refractivity contribution in [2.24, 2.45) is 5.92 Å². The number of nitrogens with zero attached hydrogens (tertiary/aromatic N) is 2. The van der Waals surface area contributed by atoms with Crippen LogP contribution in [0.1, 0.15) is 16.9 Å². The summed E-state index contributed by atoms with van der Waals surface area (Å²) in [6.45, 7) is 0.690. The Morgan fingerprint density at radius 1 is 1.29 bits per heavy atom. The summed E-state index contributed by atoms with van der Waals surface area (Å²) in [5, 5.41) is 3.42. The fourth-order valence-electron chi connectivity index (χ4n) is 3.29. The molecule has 144 valence electrons. The molecule has 0 spiro atoms. The van der Waals surface area contributed by atoms with Crippen molar-refractivity contribution in [2.45, 2.75) is 6.42 Å². The van der Waals surface area contributed by atoms with Gasteiger partial charge in [-0.15, -0.1) is 0 Å². The lowest BCUT2D eigenvalue weighted by molar-refractivity contribution is -0.119. The summed E-state index contributed by atoms with van der Waals surface area (Å²) in [6, 6.07) is 5.74. The van der Waals surface area contributed by atoms with Crippen LogP contribution in [0.15, 0.2) is 41.1 Å². The van der Waals surface area contributed by atoms with Gasteiger partial charge in [-0.3, -0.25) is 14.6 Å². The van der Waals surface area contributed by atoms with E-state index in [-0.39, 0.29) is 28.5 Å². The van der Waals surface area contributed by atoms with Crippen LogP contribution in [0.5, 0.6) is 0 Å². The van der Waals surface area contributed by atoms with E-state index in [2.05, 4.69) is 31.2 Å². The quantitative estimate of drug-likeness (QED) is 0.599. The second kappa shape index (κ2) is 7.31. The second-order valence-corrected chi connectivity index (χ2v) is 7.48. The molecule has 3 heterocycles. The zero-order valence-corrected chi connectivity index (χ0v) is 16.1. The first-order valence-electron chi connectivity index (χ1n) is 8.60. The van der Waals surface area contributed by atoms with Gasteiger partial charge in [0, 0.05) is 48.1 Å². The summed E-state index contributed by atoms with van der Waals surface area (Å²) < 4.78 is 26.8. The van der Waals surface area contributed by atoms with Crippen LogP contribution >= 0.6 is 15.9 Å². The number of carbonyl (C=O) groups is 2. The van der Waals surface area contributed by atoms with Crippen LogP contribution in [0.3, 0.4) is 0 Å². The maximum absolute atomic E-state index is 13.5. The topological polar surface area (TPSA) is 78.1 Å². The lowest BCUT2D eigenvalue weighted by atomic mass is 10.1. The van der Waals surface area contributed by atoms with Gasteiger partial charge in [-0.2, -0.15) is 0 Å². The third-order valence-corrected chi connectivity index (χ3v) is 5.33. The summed E-state index contributed by atoms with van der Waals surface area (Å²) in [7, 11) is 0. The number of hydrogen-bond acceptors (Lipinski definition) is 3. The van der Waals surface area contributed by atoms with E-state index in [4.69, 9.17) is 0 Å². The van der Waals surface area contributed by atoms with Gasteiger partial charge < -0.3 is 15.2 Å². The van der Waals surface area contributed by atoms with E-state index >= 15 is 0 Å². The maximum atomic E-state index is 13.5. The van der Waals surface area contributed by atoms with Gasteiger partial charge in [0.05, 0.1) is 10.4 Å². The minimum Gasteiger partial charge on any atom is -0.350 e. The molecule has 1 fully saturated rings. The summed E-state index contributed by atoms with van der Waals surface area (Å²) in [5.74, 6) is -3.02. The molecule has 1 aromatic carbocycles. The predicted octanol–water partition coefficient (Wildman–Crippen LogP) is 3.70. The lowest BCUT2D eigenvalue weighted by Gasteiger charge is -2.16. The van der Waals surface area contributed by atoms with E-state index in [0.29, 0.717) is 18.7 Å². The van der Waals surface area contributed by atoms with Gasteiger partial charge in [-0.1, -0.05) is 0 Å². The number of halogens is 3. The monoisotopic (exact) mass is 448 g/mol. The van der Waals surface area contributed by atoms with E-state index in [9.17, 15) is 18.4 Å². The third-order valence-electron chi connectivity index (χ3n) is 4.75. The predicted molar refractivity (Wildman–Crippen MR) is 103 cm³/mol. The molecule has 3 aromatic rings. The van der Waals surface area contributed by atoms with Gasteiger partial charge in [0.15, 0.2) is 11.6 Å². The van der Waals surface area contributed by atoms with Gasteiger partial charge in [0.2, 0.25) is 5.91 Å². The number of anilines is 1. The highest BCUT2D eigenvalue weighted by atomic mass is 79.9. The average Bonchev–Trinajstić information content (AvgIpc) is 3.32. The Bertz CT molecular complexity index is 1030. The van der Waals surface area contributed by atoms with Crippen molar-refractivity contribution in [1.29, 1.82) is 0 Å². The molecule has 2 aromatic heterocycles. The van der Waals surface area contributed by atoms with Gasteiger partial charge in [0.25, 0.3) is 5.91 Å². The summed E-state index contributed by atoms with van der Waals surface area (Å²) in [6.07, 6.45) is 3.80. The Balaban J connectivity index is 1.43. The first kappa shape index (κ1) is 18.5. The van der Waals surface area contributed by atoms with Gasteiger partial charge >= 0.3 is 0 Å². The fraction of sp³-hybridized carbons (Fsp3) is 0.211. The number of rotatable bonds is 3. The molecule has 9 heteroatoms. The van der Waals surface area contributed by atoms with Crippen LogP contribution in [0.4, 0.5) is 14.5 Å². The average molecular weight is 449 g/mol. The number of fused-ring (bicyclic) bond motifs is 1. The molecule has 2 amide bonds. The third kappa shape index (κ3) is 3.49. The largest absolute Gasteiger partial charge is 0.350 e. The lowest BCUT2D eigenvalue weighted by Crippen LogP contribution is -2.31. The number of hydrogen-bond donors (Lipinski definition) is 2. The van der Waals surface area contributed by atoms with E-state index in [0.717, 1.165) is 17.0 Å². The summed E-state index contributed by atoms with van der Waals surface area (Å²) in [4.78, 5) is 33.9. The molecule has 1 atom stereocenters. The van der Waals surface area contributed by atoms with Crippen molar-refractivity contribution >= 4 is 44.3 Å². The molecule has 0 radical (unpaired) electrons. The van der Waals surface area contributed by atoms with Crippen LogP contribution < -0.4 is 5.32 Å². The highest BCUT2D eigenvalue weighted by Crippen LogP contribution is 2.26. The highest BCUT2D eigenvalue weighted by molar-refractivity contribution is 9.10. The molecule has 4 rings (SSSR count). The number of aromatic nitrogens is 2. The van der Waals surface area contributed by atoms with E-state index in [1.807, 2.05) is 0 Å². The molecule has 1 saturated heterocycles. The van der Waals surface area contributed by atoms with Crippen LogP contribution in [0.25, 0.3) is 10.9 Å². The first-order chi connectivity index (χ1) is 13.4. The number of carbonyl (C=O) groups excluding carboxylic acids is 2. The SMILES string of the molecule is O=C(Nc1cc(F)c(F)c(Br)c1)[C@H]1CCN(C(=O)c2cc3cnccc3[nH]2)C1. The number of amides is 2. The van der Waals surface area contributed by atoms with Gasteiger partial charge in [-0.05, 0) is 40.5 Å². The summed E-state index contributed by atoms with van der Waals surface area (Å²) >= 11 is 2.91. The van der Waals surface area contributed by atoms with E-state index < -0.39 is 17.6 Å². The maximum Gasteiger partial charge on any atom is 0.270 e. The number of H-pyrrole nitrogens is 1. The number of likely N-dealkylation sites (tertiary alicyclic amines) is 1. The second-order valence-electron chi connectivity index (χ2n) is 6.63. The molecule has 0 saturated carbocycles. The Morgan fingerprint density at radius 3 is 2.86 bits per heavy atom. The molecule has 28 heavy (non-hydrogen) atoms. The van der Waals surface area contributed by atoms with E-state index in [1.165, 1.54) is 6.07 Å². The Morgan fingerprint density at radius 2 is 2.11 bits per heavy atom. The number of nitrogens with one attached hydrogen (secondary N) is 2. The van der Waals surface area contributed by atoms with Gasteiger partial charge in [-0.25, -0.2) is 8.78 Å². The number of aromatic amines is 1. The zero-order chi connectivity index (χ0) is 19.8. The van der Waals surface area contributed by atoms with Crippen LogP contribution in [0, 0.1) is 17.6 Å². The van der Waals surface area contributed by atoms with Crippen LogP contribution in [-0.2, 0) is 4.79 Å². The normalized spacial score (nSPS) is 16.5. The van der Waals surface area contributed by atoms with Crippen molar-refractivity contribution < 1.29 is 18.4 Å². The Labute approximate surface area is 167 Å². The fourth-order valence-corrected chi connectivity index (χ4v) is 3.72. The number of benzene rings is 1. The smallest absolute Gasteiger partial charge is 0.270 e. The van der Waals surface area contributed by atoms with Crippen molar-refractivity contribution in [2.75, 3.05) is 18.4 Å². The molecule has 2 N–H and O–H groups in total. The van der Waals surface area contributed by atoms with Crippen molar-refractivity contribution in [3.05, 3.63) is 58.5 Å². The molecule has 1 aliphatic heterocycles. The molecule has 1 aliphatic rings. The van der Waals surface area contributed by atoms with Crippen molar-refractivity contribution in [1.82, 2.24) is 14.9 Å². The minimum absolute atomic E-state index is 0.0701. The molecular weight excluding hydrogens is 434 g/mol. The van der Waals surface area contributed by atoms with Gasteiger partial charge in [0.1, 0.15) is 5.69 Å². The Hall–Kier alpha value is -2.81. The first-order valence-corrected chi connectivity index (χ1v) is 9.39. The van der Waals surface area contributed by atoms with E-state index in [1.54, 1.807) is 29.4 Å². The minimum atomic E-state index is -1.05. The molecule has 0 bridgehead atoms. The highest BCUT2D eigenvalue weighted by Gasteiger charge is 2.32. The molecule has 6 nitrogen and oxygen atoms in total. The molecular formula is C19H15BrF2N4O2. The van der Waals surface area contributed by atoms with Crippen LogP contribution in [0.2, 0.25) is 0 Å². The molecule has 0 unspecified atom stereocenters. The Kier molecular flexibility index (Phi) is 4.84. The van der Waals surface area contributed by atoms with Crippen molar-refractivity contribution in [3.8, 4) is 0 Å². The zero-order valence-electron chi connectivity index (χ0n) is 14.5. The van der Waals surface area contributed by atoms with Crippen LogP contribution in [-0.4, -0.2) is 39.8 Å². The molecule has 0 aliphatic carbocycles. The van der Waals surface area contributed by atoms with Crippen molar-refractivity contribution in [3.63, 3.8) is 0 Å².